The van der Waals surface area contributed by atoms with Gasteiger partial charge in [-0.25, -0.2) is 13.1 Å². The van der Waals surface area contributed by atoms with Gasteiger partial charge in [-0.1, -0.05) is 44.2 Å². The summed E-state index contributed by atoms with van der Waals surface area (Å²) in [7, 11) is -2.24. The molecule has 0 aliphatic rings. The quantitative estimate of drug-likeness (QED) is 0.781. The standard InChI is InChI=1S/C20H26N2O3S/c1-14(2)12-16-8-10-17(11-9-16)15(3)22-20(23)18-6-5-7-19(13-18)26(24,25)21-4/h5-11,13-15,21H,12H2,1-4H3,(H,22,23). The lowest BCUT2D eigenvalue weighted by Crippen LogP contribution is -2.27. The topological polar surface area (TPSA) is 75.3 Å². The Morgan fingerprint density at radius 1 is 1.04 bits per heavy atom. The lowest BCUT2D eigenvalue weighted by molar-refractivity contribution is 0.0939. The van der Waals surface area contributed by atoms with Crippen molar-refractivity contribution in [3.63, 3.8) is 0 Å². The fourth-order valence-electron chi connectivity index (χ4n) is 2.70. The summed E-state index contributed by atoms with van der Waals surface area (Å²) in [5.41, 5.74) is 2.58. The average Bonchev–Trinajstić information content (AvgIpc) is 2.61. The Hall–Kier alpha value is -2.18. The lowest BCUT2D eigenvalue weighted by atomic mass is 10.00. The largest absolute Gasteiger partial charge is 0.346 e. The van der Waals surface area contributed by atoms with E-state index < -0.39 is 10.0 Å². The Balaban J connectivity index is 2.11. The normalized spacial score (nSPS) is 12.8. The average molecular weight is 375 g/mol. The zero-order valence-corrected chi connectivity index (χ0v) is 16.4. The molecule has 1 atom stereocenters. The molecule has 26 heavy (non-hydrogen) atoms. The van der Waals surface area contributed by atoms with Crippen molar-refractivity contribution in [3.8, 4) is 0 Å². The number of benzene rings is 2. The summed E-state index contributed by atoms with van der Waals surface area (Å²) in [5, 5.41) is 2.92. The van der Waals surface area contributed by atoms with Crippen molar-refractivity contribution in [2.24, 2.45) is 5.92 Å². The number of hydrogen-bond acceptors (Lipinski definition) is 3. The maximum absolute atomic E-state index is 12.5. The molecule has 2 rings (SSSR count). The second-order valence-electron chi connectivity index (χ2n) is 6.77. The van der Waals surface area contributed by atoms with E-state index in [1.54, 1.807) is 12.1 Å². The van der Waals surface area contributed by atoms with Crippen LogP contribution in [-0.2, 0) is 16.4 Å². The van der Waals surface area contributed by atoms with Crippen molar-refractivity contribution in [1.29, 1.82) is 0 Å². The van der Waals surface area contributed by atoms with Crippen molar-refractivity contribution in [2.45, 2.75) is 38.1 Å². The van der Waals surface area contributed by atoms with Gasteiger partial charge in [0.15, 0.2) is 0 Å². The molecule has 140 valence electrons. The molecule has 0 spiro atoms. The molecule has 0 aliphatic carbocycles. The third-order valence-electron chi connectivity index (χ3n) is 4.15. The van der Waals surface area contributed by atoms with Crippen LogP contribution in [0.1, 0.15) is 48.3 Å². The number of carbonyl (C=O) groups is 1. The predicted octanol–water partition coefficient (Wildman–Crippen LogP) is 3.28. The third-order valence-corrected chi connectivity index (χ3v) is 5.56. The first-order chi connectivity index (χ1) is 12.2. The molecule has 0 radical (unpaired) electrons. The molecule has 6 heteroatoms. The van der Waals surface area contributed by atoms with E-state index in [-0.39, 0.29) is 16.8 Å². The molecule has 2 aromatic rings. The zero-order valence-electron chi connectivity index (χ0n) is 15.6. The van der Waals surface area contributed by atoms with Crippen molar-refractivity contribution in [3.05, 3.63) is 65.2 Å². The van der Waals surface area contributed by atoms with Crippen LogP contribution in [0.3, 0.4) is 0 Å². The third kappa shape index (κ3) is 5.16. The molecule has 2 N–H and O–H groups in total. The van der Waals surface area contributed by atoms with Crippen LogP contribution >= 0.6 is 0 Å². The van der Waals surface area contributed by atoms with Crippen LogP contribution in [0.5, 0.6) is 0 Å². The minimum atomic E-state index is -3.58. The van der Waals surface area contributed by atoms with Crippen LogP contribution in [0.2, 0.25) is 0 Å². The second-order valence-corrected chi connectivity index (χ2v) is 8.66. The molecule has 1 amide bonds. The van der Waals surface area contributed by atoms with Gasteiger partial charge in [0.05, 0.1) is 10.9 Å². The van der Waals surface area contributed by atoms with Gasteiger partial charge < -0.3 is 5.32 Å². The van der Waals surface area contributed by atoms with Crippen LogP contribution in [0, 0.1) is 5.92 Å². The maximum Gasteiger partial charge on any atom is 0.251 e. The zero-order chi connectivity index (χ0) is 19.3. The van der Waals surface area contributed by atoms with E-state index in [2.05, 4.69) is 36.0 Å². The molecular weight excluding hydrogens is 348 g/mol. The van der Waals surface area contributed by atoms with Crippen LogP contribution in [0.4, 0.5) is 0 Å². The van der Waals surface area contributed by atoms with E-state index in [4.69, 9.17) is 0 Å². The molecule has 0 saturated carbocycles. The van der Waals surface area contributed by atoms with Crippen LogP contribution in [-0.4, -0.2) is 21.4 Å². The van der Waals surface area contributed by atoms with E-state index >= 15 is 0 Å². The smallest absolute Gasteiger partial charge is 0.251 e. The van der Waals surface area contributed by atoms with Gasteiger partial charge in [0.25, 0.3) is 5.91 Å². The molecular formula is C20H26N2O3S. The number of sulfonamides is 1. The van der Waals surface area contributed by atoms with Crippen LogP contribution in [0.25, 0.3) is 0 Å². The predicted molar refractivity (Wildman–Crippen MR) is 104 cm³/mol. The first-order valence-electron chi connectivity index (χ1n) is 8.66. The van der Waals surface area contributed by atoms with E-state index in [1.165, 1.54) is 24.7 Å². The fraction of sp³-hybridized carbons (Fsp3) is 0.350. The Bertz CT molecular complexity index is 859. The highest BCUT2D eigenvalue weighted by Crippen LogP contribution is 2.17. The number of carbonyl (C=O) groups excluding carboxylic acids is 1. The minimum absolute atomic E-state index is 0.0679. The van der Waals surface area contributed by atoms with Crippen molar-refractivity contribution in [1.82, 2.24) is 10.0 Å². The van der Waals surface area contributed by atoms with E-state index in [1.807, 2.05) is 19.1 Å². The second kappa shape index (κ2) is 8.47. The molecule has 5 nitrogen and oxygen atoms in total. The molecule has 1 unspecified atom stereocenters. The number of rotatable bonds is 7. The number of nitrogens with one attached hydrogen (secondary N) is 2. The van der Waals surface area contributed by atoms with Crippen molar-refractivity contribution in [2.75, 3.05) is 7.05 Å². The summed E-state index contributed by atoms with van der Waals surface area (Å²) in [6, 6.07) is 14.0. The summed E-state index contributed by atoms with van der Waals surface area (Å²) in [4.78, 5) is 12.5. The Labute approximate surface area is 155 Å². The Morgan fingerprint density at radius 3 is 2.27 bits per heavy atom. The van der Waals surface area contributed by atoms with Crippen LogP contribution in [0.15, 0.2) is 53.4 Å². The van der Waals surface area contributed by atoms with Crippen LogP contribution < -0.4 is 10.0 Å². The van der Waals surface area contributed by atoms with E-state index in [0.717, 1.165) is 12.0 Å². The fourth-order valence-corrected chi connectivity index (χ4v) is 3.47. The summed E-state index contributed by atoms with van der Waals surface area (Å²) >= 11 is 0. The molecule has 2 aromatic carbocycles. The summed E-state index contributed by atoms with van der Waals surface area (Å²) < 4.78 is 26.0. The minimum Gasteiger partial charge on any atom is -0.346 e. The summed E-state index contributed by atoms with van der Waals surface area (Å²) in [6.07, 6.45) is 1.02. The van der Waals surface area contributed by atoms with Crippen molar-refractivity contribution >= 4 is 15.9 Å². The van der Waals surface area contributed by atoms with Gasteiger partial charge in [-0.3, -0.25) is 4.79 Å². The van der Waals surface area contributed by atoms with Gasteiger partial charge in [0, 0.05) is 5.56 Å². The van der Waals surface area contributed by atoms with E-state index in [0.29, 0.717) is 11.5 Å². The Kier molecular flexibility index (Phi) is 6.56. The molecule has 0 aromatic heterocycles. The molecule has 0 heterocycles. The number of hydrogen-bond donors (Lipinski definition) is 2. The SMILES string of the molecule is CNS(=O)(=O)c1cccc(C(=O)NC(C)c2ccc(CC(C)C)cc2)c1. The number of amides is 1. The highest BCUT2D eigenvalue weighted by Gasteiger charge is 2.16. The molecule has 0 saturated heterocycles. The molecule has 0 bridgehead atoms. The Morgan fingerprint density at radius 2 is 1.69 bits per heavy atom. The van der Waals surface area contributed by atoms with Gasteiger partial charge in [-0.15, -0.1) is 0 Å². The molecule has 0 aliphatic heterocycles. The van der Waals surface area contributed by atoms with Gasteiger partial charge in [-0.05, 0) is 55.6 Å². The highest BCUT2D eigenvalue weighted by molar-refractivity contribution is 7.89. The molecule has 0 fully saturated rings. The van der Waals surface area contributed by atoms with Crippen molar-refractivity contribution < 1.29 is 13.2 Å². The monoisotopic (exact) mass is 374 g/mol. The maximum atomic E-state index is 12.5. The first-order valence-corrected chi connectivity index (χ1v) is 10.1. The summed E-state index contributed by atoms with van der Waals surface area (Å²) in [6.45, 7) is 6.27. The van der Waals surface area contributed by atoms with Gasteiger partial charge in [0.2, 0.25) is 10.0 Å². The first kappa shape index (κ1) is 20.1. The lowest BCUT2D eigenvalue weighted by Gasteiger charge is -2.16. The van der Waals surface area contributed by atoms with E-state index in [9.17, 15) is 13.2 Å². The summed E-state index contributed by atoms with van der Waals surface area (Å²) in [5.74, 6) is 0.288. The van der Waals surface area contributed by atoms with Gasteiger partial charge in [-0.2, -0.15) is 0 Å². The van der Waals surface area contributed by atoms with Gasteiger partial charge >= 0.3 is 0 Å². The van der Waals surface area contributed by atoms with Gasteiger partial charge in [0.1, 0.15) is 0 Å². The highest BCUT2D eigenvalue weighted by atomic mass is 32.2.